The summed E-state index contributed by atoms with van der Waals surface area (Å²) >= 11 is 0. The van der Waals surface area contributed by atoms with Crippen LogP contribution in [0.5, 0.6) is 0 Å². The van der Waals surface area contributed by atoms with Crippen LogP contribution in [0, 0.1) is 5.92 Å². The number of amides is 1. The first-order valence-electron chi connectivity index (χ1n) is 7.31. The maximum atomic E-state index is 12.0. The molecule has 3 heteroatoms. The van der Waals surface area contributed by atoms with Gasteiger partial charge in [0.2, 0.25) is 5.91 Å². The average molecular weight is 260 g/mol. The highest BCUT2D eigenvalue weighted by molar-refractivity contribution is 5.90. The van der Waals surface area contributed by atoms with E-state index >= 15 is 0 Å². The molecule has 3 N–H and O–H groups in total. The van der Waals surface area contributed by atoms with E-state index in [0.717, 1.165) is 37.8 Å². The van der Waals surface area contributed by atoms with Crippen LogP contribution in [0.1, 0.15) is 44.6 Å². The van der Waals surface area contributed by atoms with Crippen molar-refractivity contribution in [1.82, 2.24) is 0 Å². The first kappa shape index (κ1) is 14.1. The Morgan fingerprint density at radius 3 is 2.42 bits per heavy atom. The van der Waals surface area contributed by atoms with Gasteiger partial charge in [-0.25, -0.2) is 0 Å². The van der Waals surface area contributed by atoms with Crippen molar-refractivity contribution in [2.75, 3.05) is 5.32 Å². The van der Waals surface area contributed by atoms with Crippen molar-refractivity contribution in [3.63, 3.8) is 0 Å². The zero-order valence-electron chi connectivity index (χ0n) is 11.7. The second kappa shape index (κ2) is 6.71. The number of carbonyl (C=O) groups excluding carboxylic acids is 1. The first-order valence-corrected chi connectivity index (χ1v) is 7.31. The summed E-state index contributed by atoms with van der Waals surface area (Å²) in [7, 11) is 0. The van der Waals surface area contributed by atoms with Gasteiger partial charge in [-0.2, -0.15) is 0 Å². The lowest BCUT2D eigenvalue weighted by Crippen LogP contribution is -2.28. The minimum Gasteiger partial charge on any atom is -0.328 e. The molecule has 0 bridgehead atoms. The molecule has 1 aliphatic carbocycles. The van der Waals surface area contributed by atoms with Crippen LogP contribution in [-0.2, 0) is 11.2 Å². The van der Waals surface area contributed by atoms with Crippen LogP contribution >= 0.6 is 0 Å². The van der Waals surface area contributed by atoms with Crippen molar-refractivity contribution in [3.05, 3.63) is 29.8 Å². The number of nitrogens with one attached hydrogen (secondary N) is 1. The Hall–Kier alpha value is -1.35. The minimum atomic E-state index is 0.129. The largest absolute Gasteiger partial charge is 0.328 e. The van der Waals surface area contributed by atoms with Crippen LogP contribution < -0.4 is 11.1 Å². The van der Waals surface area contributed by atoms with Gasteiger partial charge in [0.15, 0.2) is 0 Å². The highest BCUT2D eigenvalue weighted by Gasteiger charge is 2.20. The van der Waals surface area contributed by atoms with Crippen LogP contribution in [-0.4, -0.2) is 11.9 Å². The number of rotatable bonds is 4. The smallest absolute Gasteiger partial charge is 0.224 e. The van der Waals surface area contributed by atoms with Crippen LogP contribution in [0.3, 0.4) is 0 Å². The molecule has 0 aliphatic heterocycles. The van der Waals surface area contributed by atoms with Crippen molar-refractivity contribution in [2.24, 2.45) is 11.7 Å². The Kier molecular flexibility index (Phi) is 4.97. The summed E-state index contributed by atoms with van der Waals surface area (Å²) in [5.41, 5.74) is 8.07. The summed E-state index contributed by atoms with van der Waals surface area (Å²) in [6.07, 6.45) is 5.94. The monoisotopic (exact) mass is 260 g/mol. The normalized spacial score (nSPS) is 23.1. The van der Waals surface area contributed by atoms with Gasteiger partial charge < -0.3 is 11.1 Å². The quantitative estimate of drug-likeness (QED) is 0.874. The van der Waals surface area contributed by atoms with Crippen LogP contribution in [0.25, 0.3) is 0 Å². The van der Waals surface area contributed by atoms with Gasteiger partial charge in [0.1, 0.15) is 0 Å². The molecule has 1 aromatic carbocycles. The SMILES string of the molecule is CCc1ccc(NC(=O)CC2CCC(N)CC2)cc1. The number of benzene rings is 1. The molecule has 1 aromatic rings. The van der Waals surface area contributed by atoms with E-state index in [1.165, 1.54) is 5.56 Å². The predicted molar refractivity (Wildman–Crippen MR) is 79.0 cm³/mol. The third kappa shape index (κ3) is 4.35. The van der Waals surface area contributed by atoms with E-state index < -0.39 is 0 Å². The molecule has 0 spiro atoms. The average Bonchev–Trinajstić information content (AvgIpc) is 2.42. The van der Waals surface area contributed by atoms with Crippen molar-refractivity contribution in [3.8, 4) is 0 Å². The summed E-state index contributed by atoms with van der Waals surface area (Å²) < 4.78 is 0. The van der Waals surface area contributed by atoms with Crippen LogP contribution in [0.15, 0.2) is 24.3 Å². The number of carbonyl (C=O) groups is 1. The lowest BCUT2D eigenvalue weighted by Gasteiger charge is -2.25. The molecule has 0 atom stereocenters. The summed E-state index contributed by atoms with van der Waals surface area (Å²) in [5.74, 6) is 0.638. The number of aryl methyl sites for hydroxylation is 1. The fourth-order valence-electron chi connectivity index (χ4n) is 2.69. The third-order valence-electron chi connectivity index (χ3n) is 4.01. The molecule has 1 aliphatic rings. The summed E-state index contributed by atoms with van der Waals surface area (Å²) in [6, 6.07) is 8.44. The number of nitrogens with two attached hydrogens (primary N) is 1. The van der Waals surface area contributed by atoms with E-state index in [1.54, 1.807) is 0 Å². The summed E-state index contributed by atoms with van der Waals surface area (Å²) in [4.78, 5) is 12.0. The third-order valence-corrected chi connectivity index (χ3v) is 4.01. The molecule has 1 fully saturated rings. The standard InChI is InChI=1S/C16H24N2O/c1-2-12-5-9-15(10-6-12)18-16(19)11-13-3-7-14(17)8-4-13/h5-6,9-10,13-14H,2-4,7-8,11,17H2,1H3,(H,18,19). The van der Waals surface area contributed by atoms with Gasteiger partial charge in [-0.1, -0.05) is 19.1 Å². The van der Waals surface area contributed by atoms with Crippen LogP contribution in [0.4, 0.5) is 5.69 Å². The van der Waals surface area contributed by atoms with E-state index in [9.17, 15) is 4.79 Å². The van der Waals surface area contributed by atoms with Crippen molar-refractivity contribution in [2.45, 2.75) is 51.5 Å². The zero-order chi connectivity index (χ0) is 13.7. The molecule has 0 radical (unpaired) electrons. The van der Waals surface area contributed by atoms with Gasteiger partial charge in [-0.15, -0.1) is 0 Å². The molecule has 3 nitrogen and oxygen atoms in total. The second-order valence-electron chi connectivity index (χ2n) is 5.58. The minimum absolute atomic E-state index is 0.129. The van der Waals surface area contributed by atoms with E-state index in [-0.39, 0.29) is 5.91 Å². The second-order valence-corrected chi connectivity index (χ2v) is 5.58. The number of hydrogen-bond acceptors (Lipinski definition) is 2. The summed E-state index contributed by atoms with van der Waals surface area (Å²) in [6.45, 7) is 2.13. The van der Waals surface area contributed by atoms with E-state index in [1.807, 2.05) is 12.1 Å². The number of anilines is 1. The van der Waals surface area contributed by atoms with Gasteiger partial charge in [0.05, 0.1) is 0 Å². The van der Waals surface area contributed by atoms with E-state index in [0.29, 0.717) is 18.4 Å². The molecule has 19 heavy (non-hydrogen) atoms. The van der Waals surface area contributed by atoms with Crippen molar-refractivity contribution in [1.29, 1.82) is 0 Å². The highest BCUT2D eigenvalue weighted by Crippen LogP contribution is 2.26. The predicted octanol–water partition coefficient (Wildman–Crippen LogP) is 3.10. The molecule has 104 valence electrons. The Bertz CT molecular complexity index is 405. The van der Waals surface area contributed by atoms with E-state index in [4.69, 9.17) is 5.73 Å². The molecular weight excluding hydrogens is 236 g/mol. The molecule has 0 aromatic heterocycles. The molecular formula is C16H24N2O. The molecule has 2 rings (SSSR count). The zero-order valence-corrected chi connectivity index (χ0v) is 11.7. The molecule has 0 heterocycles. The van der Waals surface area contributed by atoms with Crippen molar-refractivity contribution < 1.29 is 4.79 Å². The Balaban J connectivity index is 1.80. The van der Waals surface area contributed by atoms with Crippen molar-refractivity contribution >= 4 is 11.6 Å². The van der Waals surface area contributed by atoms with Gasteiger partial charge >= 0.3 is 0 Å². The molecule has 0 unspecified atom stereocenters. The Labute approximate surface area is 115 Å². The Morgan fingerprint density at radius 1 is 1.21 bits per heavy atom. The van der Waals surface area contributed by atoms with E-state index in [2.05, 4.69) is 24.4 Å². The fourth-order valence-corrected chi connectivity index (χ4v) is 2.69. The van der Waals surface area contributed by atoms with Gasteiger partial charge in [-0.05, 0) is 55.7 Å². The fraction of sp³-hybridized carbons (Fsp3) is 0.562. The molecule has 1 saturated carbocycles. The lowest BCUT2D eigenvalue weighted by molar-refractivity contribution is -0.117. The highest BCUT2D eigenvalue weighted by atomic mass is 16.1. The molecule has 1 amide bonds. The maximum Gasteiger partial charge on any atom is 0.224 e. The Morgan fingerprint density at radius 2 is 1.84 bits per heavy atom. The topological polar surface area (TPSA) is 55.1 Å². The lowest BCUT2D eigenvalue weighted by atomic mass is 9.84. The molecule has 0 saturated heterocycles. The van der Waals surface area contributed by atoms with Crippen LogP contribution in [0.2, 0.25) is 0 Å². The number of hydrogen-bond donors (Lipinski definition) is 2. The van der Waals surface area contributed by atoms with Gasteiger partial charge in [-0.3, -0.25) is 4.79 Å². The maximum absolute atomic E-state index is 12.0. The van der Waals surface area contributed by atoms with Gasteiger partial charge in [0, 0.05) is 18.2 Å². The first-order chi connectivity index (χ1) is 9.17. The summed E-state index contributed by atoms with van der Waals surface area (Å²) in [5, 5.41) is 2.98. The van der Waals surface area contributed by atoms with Gasteiger partial charge in [0.25, 0.3) is 0 Å².